The molecule has 0 spiro atoms. The zero-order valence-corrected chi connectivity index (χ0v) is 8.92. The van der Waals surface area contributed by atoms with E-state index >= 15 is 0 Å². The Balaban J connectivity index is 0. The predicted octanol–water partition coefficient (Wildman–Crippen LogP) is -1.18. The standard InChI is InChI=1S/C6H14N4O2.CH2O4/c7-4(5(11)12)2-1-3-10-6(8)9;2-1(3)5-4/h4H,1-3,7H2,(H,11,12)(H4,8,9,10);4H,(H,2,3)/t4-;/m0./s1. The second-order valence-corrected chi connectivity index (χ2v) is 2.78. The van der Waals surface area contributed by atoms with Gasteiger partial charge in [-0.15, -0.1) is 0 Å². The molecule has 0 aliphatic rings. The fourth-order valence-electron chi connectivity index (χ4n) is 0.669. The van der Waals surface area contributed by atoms with Gasteiger partial charge in [-0.2, -0.15) is 5.26 Å². The van der Waals surface area contributed by atoms with E-state index in [2.05, 4.69) is 10.2 Å². The molecule has 0 saturated heterocycles. The van der Waals surface area contributed by atoms with Crippen LogP contribution in [0, 0.1) is 5.41 Å². The van der Waals surface area contributed by atoms with Gasteiger partial charge in [-0.05, 0) is 12.8 Å². The highest BCUT2D eigenvalue weighted by molar-refractivity contribution is 5.74. The Labute approximate surface area is 96.6 Å². The first-order chi connectivity index (χ1) is 7.81. The molecular formula is C7H16N4O6. The summed E-state index contributed by atoms with van der Waals surface area (Å²) in [6.07, 6.45) is -0.715. The second kappa shape index (κ2) is 10.4. The summed E-state index contributed by atoms with van der Waals surface area (Å²) in [6.45, 7) is 0.482. The third-order valence-electron chi connectivity index (χ3n) is 1.40. The molecule has 0 saturated carbocycles. The molecule has 0 heterocycles. The minimum atomic E-state index is -1.69. The molecule has 10 nitrogen and oxygen atoms in total. The zero-order chi connectivity index (χ0) is 13.8. The lowest BCUT2D eigenvalue weighted by Crippen LogP contribution is -2.34. The first-order valence-electron chi connectivity index (χ1n) is 4.41. The van der Waals surface area contributed by atoms with Crippen LogP contribution in [0.4, 0.5) is 4.79 Å². The van der Waals surface area contributed by atoms with Crippen LogP contribution >= 0.6 is 0 Å². The molecule has 0 aromatic heterocycles. The van der Waals surface area contributed by atoms with E-state index in [0.717, 1.165) is 0 Å². The molecule has 0 aliphatic heterocycles. The van der Waals surface area contributed by atoms with E-state index in [4.69, 9.17) is 37.1 Å². The molecule has 0 fully saturated rings. The molecule has 0 aromatic rings. The highest BCUT2D eigenvalue weighted by atomic mass is 17.1. The number of guanidine groups is 1. The lowest BCUT2D eigenvalue weighted by molar-refractivity contribution is -0.194. The fraction of sp³-hybridized carbons (Fsp3) is 0.571. The van der Waals surface area contributed by atoms with Crippen LogP contribution in [-0.4, -0.2) is 46.1 Å². The number of hydrogen-bond donors (Lipinski definition) is 7. The van der Waals surface area contributed by atoms with Crippen molar-refractivity contribution in [1.29, 1.82) is 5.41 Å². The van der Waals surface area contributed by atoms with Crippen LogP contribution in [0.5, 0.6) is 0 Å². The third-order valence-corrected chi connectivity index (χ3v) is 1.40. The van der Waals surface area contributed by atoms with Crippen LogP contribution in [0.3, 0.4) is 0 Å². The van der Waals surface area contributed by atoms with Crippen LogP contribution in [0.1, 0.15) is 12.8 Å². The van der Waals surface area contributed by atoms with Crippen molar-refractivity contribution in [2.75, 3.05) is 6.54 Å². The summed E-state index contributed by atoms with van der Waals surface area (Å²) in [4.78, 5) is 21.8. The predicted molar refractivity (Wildman–Crippen MR) is 56.5 cm³/mol. The maximum atomic E-state index is 10.2. The van der Waals surface area contributed by atoms with Crippen LogP contribution in [0.25, 0.3) is 0 Å². The number of nitrogens with two attached hydrogens (primary N) is 2. The summed E-state index contributed by atoms with van der Waals surface area (Å²) in [5, 5.41) is 32.0. The molecule has 0 aliphatic carbocycles. The second-order valence-electron chi connectivity index (χ2n) is 2.78. The van der Waals surface area contributed by atoms with Crippen LogP contribution in [0.2, 0.25) is 0 Å². The molecule has 0 amide bonds. The zero-order valence-electron chi connectivity index (χ0n) is 8.92. The summed E-state index contributed by atoms with van der Waals surface area (Å²) in [5.41, 5.74) is 10.2. The van der Waals surface area contributed by atoms with E-state index in [9.17, 15) is 4.79 Å². The van der Waals surface area contributed by atoms with Gasteiger partial charge >= 0.3 is 12.1 Å². The van der Waals surface area contributed by atoms with Crippen molar-refractivity contribution in [3.05, 3.63) is 0 Å². The Bertz CT molecular complexity index is 259. The third kappa shape index (κ3) is 16.6. The van der Waals surface area contributed by atoms with Gasteiger partial charge in [-0.1, -0.05) is 0 Å². The van der Waals surface area contributed by atoms with Crippen molar-refractivity contribution < 1.29 is 29.9 Å². The Morgan fingerprint density at radius 2 is 1.88 bits per heavy atom. The normalized spacial score (nSPS) is 10.5. The minimum absolute atomic E-state index is 0.112. The summed E-state index contributed by atoms with van der Waals surface area (Å²) in [5.74, 6) is -1.11. The largest absolute Gasteiger partial charge is 0.537 e. The number of carboxylic acids is 1. The average molecular weight is 252 g/mol. The lowest BCUT2D eigenvalue weighted by Gasteiger charge is -2.06. The Morgan fingerprint density at radius 3 is 2.18 bits per heavy atom. The maximum absolute atomic E-state index is 10.2. The maximum Gasteiger partial charge on any atom is 0.537 e. The summed E-state index contributed by atoms with van der Waals surface area (Å²) < 4.78 is 0. The molecule has 0 bridgehead atoms. The van der Waals surface area contributed by atoms with E-state index in [1.807, 2.05) is 0 Å². The van der Waals surface area contributed by atoms with Crippen LogP contribution in [0.15, 0.2) is 0 Å². The van der Waals surface area contributed by atoms with Crippen molar-refractivity contribution in [1.82, 2.24) is 5.32 Å². The van der Waals surface area contributed by atoms with Gasteiger partial charge in [0.05, 0.1) is 0 Å². The molecule has 17 heavy (non-hydrogen) atoms. The van der Waals surface area contributed by atoms with Gasteiger partial charge in [0.25, 0.3) is 0 Å². The Morgan fingerprint density at radius 1 is 1.41 bits per heavy atom. The SMILES string of the molecule is N=C(N)NCCC[C@H](N)C(=O)O.O=C(O)OO. The number of hydrogen-bond acceptors (Lipinski definition) is 6. The Hall–Kier alpha value is -2.07. The van der Waals surface area contributed by atoms with E-state index < -0.39 is 18.2 Å². The van der Waals surface area contributed by atoms with Crippen molar-refractivity contribution >= 4 is 18.1 Å². The summed E-state index contributed by atoms with van der Waals surface area (Å²) >= 11 is 0. The van der Waals surface area contributed by atoms with Crippen molar-refractivity contribution in [2.24, 2.45) is 11.5 Å². The van der Waals surface area contributed by atoms with Crippen LogP contribution < -0.4 is 16.8 Å². The lowest BCUT2D eigenvalue weighted by atomic mass is 10.2. The number of carboxylic acid groups (broad SMARTS) is 2. The summed E-state index contributed by atoms with van der Waals surface area (Å²) in [7, 11) is 0. The number of aliphatic carboxylic acids is 1. The molecule has 10 heteroatoms. The summed E-state index contributed by atoms with van der Waals surface area (Å²) in [6, 6.07) is -0.821. The number of nitrogens with one attached hydrogen (secondary N) is 2. The van der Waals surface area contributed by atoms with E-state index in [0.29, 0.717) is 19.4 Å². The monoisotopic (exact) mass is 252 g/mol. The first-order valence-corrected chi connectivity index (χ1v) is 4.41. The Kier molecular flexibility index (Phi) is 10.6. The highest BCUT2D eigenvalue weighted by Crippen LogP contribution is 1.92. The van der Waals surface area contributed by atoms with Gasteiger partial charge < -0.3 is 27.0 Å². The molecule has 0 rings (SSSR count). The minimum Gasteiger partial charge on any atom is -0.480 e. The van der Waals surface area contributed by atoms with Crippen molar-refractivity contribution in [2.45, 2.75) is 18.9 Å². The smallest absolute Gasteiger partial charge is 0.480 e. The van der Waals surface area contributed by atoms with E-state index in [-0.39, 0.29) is 5.96 Å². The quantitative estimate of drug-likeness (QED) is 0.104. The van der Waals surface area contributed by atoms with Gasteiger partial charge in [0.2, 0.25) is 0 Å². The molecule has 9 N–H and O–H groups in total. The molecular weight excluding hydrogens is 236 g/mol. The van der Waals surface area contributed by atoms with Crippen LogP contribution in [-0.2, 0) is 9.68 Å². The van der Waals surface area contributed by atoms with E-state index in [1.165, 1.54) is 0 Å². The number of carbonyl (C=O) groups is 2. The highest BCUT2D eigenvalue weighted by Gasteiger charge is 2.09. The van der Waals surface area contributed by atoms with E-state index in [1.54, 1.807) is 0 Å². The van der Waals surface area contributed by atoms with Gasteiger partial charge in [-0.25, -0.2) is 4.79 Å². The molecule has 100 valence electrons. The average Bonchev–Trinajstić information content (AvgIpc) is 2.24. The molecule has 0 radical (unpaired) electrons. The van der Waals surface area contributed by atoms with Gasteiger partial charge in [0, 0.05) is 6.54 Å². The van der Waals surface area contributed by atoms with Gasteiger partial charge in [-0.3, -0.25) is 15.1 Å². The fourth-order valence-corrected chi connectivity index (χ4v) is 0.669. The topological polar surface area (TPSA) is 192 Å². The molecule has 0 aromatic carbocycles. The van der Waals surface area contributed by atoms with Crippen molar-refractivity contribution in [3.63, 3.8) is 0 Å². The van der Waals surface area contributed by atoms with Crippen molar-refractivity contribution in [3.8, 4) is 0 Å². The van der Waals surface area contributed by atoms with Gasteiger partial charge in [0.15, 0.2) is 5.96 Å². The molecule has 0 unspecified atom stereocenters. The van der Waals surface area contributed by atoms with Gasteiger partial charge in [0.1, 0.15) is 6.04 Å². The molecule has 1 atom stereocenters. The first kappa shape index (κ1) is 17.3. The number of rotatable bonds is 5.